The van der Waals surface area contributed by atoms with Crippen LogP contribution < -0.4 is 21.3 Å². The van der Waals surface area contributed by atoms with Crippen molar-refractivity contribution < 1.29 is 22.8 Å². The van der Waals surface area contributed by atoms with Gasteiger partial charge >= 0.3 is 6.18 Å². The highest BCUT2D eigenvalue weighted by molar-refractivity contribution is 6.33. The molecule has 42 heavy (non-hydrogen) atoms. The lowest BCUT2D eigenvalue weighted by Crippen LogP contribution is -2.59. The number of aryl methyl sites for hydroxylation is 1. The molecule has 1 heterocycles. The average molecular weight is 602 g/mol. The smallest absolute Gasteiger partial charge is 0.376 e. The van der Waals surface area contributed by atoms with E-state index < -0.39 is 29.1 Å². The highest BCUT2D eigenvalue weighted by Crippen LogP contribution is 2.32. The van der Waals surface area contributed by atoms with Crippen molar-refractivity contribution in [1.29, 1.82) is 0 Å². The van der Waals surface area contributed by atoms with Crippen molar-refractivity contribution in [3.63, 3.8) is 0 Å². The summed E-state index contributed by atoms with van der Waals surface area (Å²) in [5.74, 6) is -1.05. The van der Waals surface area contributed by atoms with Crippen molar-refractivity contribution in [2.75, 3.05) is 38.6 Å². The summed E-state index contributed by atoms with van der Waals surface area (Å²) in [7, 11) is 3.86. The van der Waals surface area contributed by atoms with Crippen LogP contribution in [0.3, 0.4) is 0 Å². The molecule has 2 atom stereocenters. The topological polar surface area (TPSA) is 90.7 Å². The first-order valence-electron chi connectivity index (χ1n) is 13.6. The Kier molecular flexibility index (Phi) is 9.62. The van der Waals surface area contributed by atoms with Gasteiger partial charge in [-0.1, -0.05) is 54.1 Å². The number of amides is 1. The highest BCUT2D eigenvalue weighted by atomic mass is 35.5. The van der Waals surface area contributed by atoms with Gasteiger partial charge in [0.15, 0.2) is 5.66 Å². The number of alkyl halides is 3. The van der Waals surface area contributed by atoms with Crippen LogP contribution in [0.15, 0.2) is 66.7 Å². The van der Waals surface area contributed by atoms with E-state index in [1.807, 2.05) is 37.2 Å². The molecule has 4 rings (SSSR count). The molecule has 0 saturated carbocycles. The molecule has 11 heteroatoms. The second-order valence-corrected chi connectivity index (χ2v) is 11.3. The van der Waals surface area contributed by atoms with Gasteiger partial charge in [0.25, 0.3) is 0 Å². The largest absolute Gasteiger partial charge is 0.416 e. The van der Waals surface area contributed by atoms with Crippen molar-refractivity contribution in [2.24, 2.45) is 5.73 Å². The van der Waals surface area contributed by atoms with Crippen molar-refractivity contribution in [3.8, 4) is 0 Å². The number of rotatable bonds is 10. The molecule has 7 nitrogen and oxygen atoms in total. The maximum absolute atomic E-state index is 13.7. The van der Waals surface area contributed by atoms with Gasteiger partial charge in [-0.2, -0.15) is 13.2 Å². The van der Waals surface area contributed by atoms with E-state index in [0.717, 1.165) is 36.3 Å². The normalized spacial score (nSPS) is 17.1. The van der Waals surface area contributed by atoms with E-state index in [2.05, 4.69) is 15.5 Å². The molecular formula is C31H35ClF3N5O2. The number of carbonyl (C=O) groups excluding carboxylic acids is 2. The number of hydrogen-bond donors (Lipinski definition) is 3. The van der Waals surface area contributed by atoms with Crippen molar-refractivity contribution in [3.05, 3.63) is 99.6 Å². The molecule has 1 amide bonds. The molecule has 0 aliphatic carbocycles. The monoisotopic (exact) mass is 601 g/mol. The van der Waals surface area contributed by atoms with Crippen LogP contribution in [0.25, 0.3) is 0 Å². The summed E-state index contributed by atoms with van der Waals surface area (Å²) < 4.78 is 40.5. The molecule has 1 unspecified atom stereocenters. The zero-order valence-electron chi connectivity index (χ0n) is 23.8. The molecule has 224 valence electrons. The van der Waals surface area contributed by atoms with E-state index in [-0.39, 0.29) is 23.7 Å². The molecule has 3 aromatic rings. The zero-order chi connectivity index (χ0) is 30.7. The number of carbonyl (C=O) groups is 2. The Hall–Kier alpha value is -3.44. The van der Waals surface area contributed by atoms with Crippen LogP contribution in [0.2, 0.25) is 5.02 Å². The minimum absolute atomic E-state index is 0.0922. The standard InChI is InChI=1S/C31H35ClF3N5O2/c1-20-7-4-5-10-25(20)29(42)30(36,22-8-6-9-23(16-22)31(33,34)35)37-17-28(41)38-24-13-14-40(19-24)18-21-11-12-26(32)27(15-21)39(2)3/h4-12,15-16,24,37H,13-14,17-19,36H2,1-3H3,(H,38,41)/t24-,30?/m1/s1. The Morgan fingerprint density at radius 1 is 1.05 bits per heavy atom. The first-order chi connectivity index (χ1) is 19.8. The summed E-state index contributed by atoms with van der Waals surface area (Å²) in [4.78, 5) is 30.9. The number of nitrogens with one attached hydrogen (secondary N) is 2. The summed E-state index contributed by atoms with van der Waals surface area (Å²) in [5.41, 5.74) is 6.33. The predicted molar refractivity (Wildman–Crippen MR) is 158 cm³/mol. The van der Waals surface area contributed by atoms with Crippen LogP contribution in [0.5, 0.6) is 0 Å². The third-order valence-electron chi connectivity index (χ3n) is 7.46. The van der Waals surface area contributed by atoms with Crippen LogP contribution in [0, 0.1) is 6.92 Å². The summed E-state index contributed by atoms with van der Waals surface area (Å²) in [5, 5.41) is 6.42. The maximum Gasteiger partial charge on any atom is 0.416 e. The molecule has 0 radical (unpaired) electrons. The van der Waals surface area contributed by atoms with Crippen molar-refractivity contribution >= 4 is 29.0 Å². The molecule has 1 aliphatic rings. The molecule has 1 aliphatic heterocycles. The molecule has 0 spiro atoms. The lowest BCUT2D eigenvalue weighted by atomic mass is 9.88. The quantitative estimate of drug-likeness (QED) is 0.230. The van der Waals surface area contributed by atoms with Gasteiger partial charge in [0.1, 0.15) is 0 Å². The van der Waals surface area contributed by atoms with Gasteiger partial charge in [-0.05, 0) is 54.3 Å². The Labute approximate surface area is 248 Å². The molecule has 0 bridgehead atoms. The first-order valence-corrected chi connectivity index (χ1v) is 14.0. The number of nitrogens with two attached hydrogens (primary N) is 1. The number of likely N-dealkylation sites (tertiary alicyclic amines) is 1. The Morgan fingerprint density at radius 2 is 1.76 bits per heavy atom. The van der Waals surface area contributed by atoms with Gasteiger partial charge in [-0.15, -0.1) is 0 Å². The minimum Gasteiger partial charge on any atom is -0.376 e. The van der Waals surface area contributed by atoms with Gasteiger partial charge in [0, 0.05) is 45.3 Å². The fourth-order valence-corrected chi connectivity index (χ4v) is 5.43. The lowest BCUT2D eigenvalue weighted by molar-refractivity contribution is -0.137. The van der Waals surface area contributed by atoms with Crippen molar-refractivity contribution in [1.82, 2.24) is 15.5 Å². The van der Waals surface area contributed by atoms with E-state index in [9.17, 15) is 22.8 Å². The minimum atomic E-state index is -4.63. The molecule has 3 aromatic carbocycles. The van der Waals surface area contributed by atoms with Crippen LogP contribution in [0.1, 0.15) is 39.0 Å². The van der Waals surface area contributed by atoms with Gasteiger partial charge in [-0.25, -0.2) is 0 Å². The van der Waals surface area contributed by atoms with Crippen LogP contribution >= 0.6 is 11.6 Å². The van der Waals surface area contributed by atoms with E-state index >= 15 is 0 Å². The Morgan fingerprint density at radius 3 is 2.45 bits per heavy atom. The number of Topliss-reactive ketones (excluding diaryl/α,β-unsaturated/α-hetero) is 1. The highest BCUT2D eigenvalue weighted by Gasteiger charge is 2.40. The van der Waals surface area contributed by atoms with Crippen LogP contribution in [-0.4, -0.2) is 56.4 Å². The SMILES string of the molecule is Cc1ccccc1C(=O)C(N)(NCC(=O)N[C@@H]1CCN(Cc2ccc(Cl)c(N(C)C)c2)C1)c1cccc(C(F)(F)F)c1. The Balaban J connectivity index is 1.45. The van der Waals surface area contributed by atoms with Gasteiger partial charge in [-0.3, -0.25) is 19.8 Å². The maximum atomic E-state index is 13.7. The van der Waals surface area contributed by atoms with Gasteiger partial charge in [0.05, 0.1) is 22.8 Å². The second-order valence-electron chi connectivity index (χ2n) is 10.9. The third kappa shape index (κ3) is 7.30. The van der Waals surface area contributed by atoms with Gasteiger partial charge in [0.2, 0.25) is 11.7 Å². The molecule has 1 fully saturated rings. The number of nitrogens with zero attached hydrogens (tertiary/aromatic N) is 2. The molecule has 4 N–H and O–H groups in total. The van der Waals surface area contributed by atoms with Gasteiger partial charge < -0.3 is 16.0 Å². The van der Waals surface area contributed by atoms with E-state index in [4.69, 9.17) is 17.3 Å². The summed E-state index contributed by atoms with van der Waals surface area (Å²) in [6, 6.07) is 16.7. The number of hydrogen-bond acceptors (Lipinski definition) is 6. The summed E-state index contributed by atoms with van der Waals surface area (Å²) in [6.45, 7) is 3.42. The predicted octanol–water partition coefficient (Wildman–Crippen LogP) is 4.71. The number of anilines is 1. The van der Waals surface area contributed by atoms with Crippen LogP contribution in [0.4, 0.5) is 18.9 Å². The van der Waals surface area contributed by atoms with Crippen LogP contribution in [-0.2, 0) is 23.2 Å². The second kappa shape index (κ2) is 12.8. The third-order valence-corrected chi connectivity index (χ3v) is 7.78. The molecule has 0 aromatic heterocycles. The fraction of sp³-hybridized carbons (Fsp3) is 0.355. The lowest BCUT2D eigenvalue weighted by Gasteiger charge is -2.31. The molecule has 1 saturated heterocycles. The van der Waals surface area contributed by atoms with Crippen molar-refractivity contribution in [2.45, 2.75) is 37.8 Å². The zero-order valence-corrected chi connectivity index (χ0v) is 24.5. The van der Waals surface area contributed by atoms with E-state index in [1.165, 1.54) is 12.1 Å². The summed E-state index contributed by atoms with van der Waals surface area (Å²) in [6.07, 6.45) is -3.90. The van der Waals surface area contributed by atoms with E-state index in [1.54, 1.807) is 31.2 Å². The van der Waals surface area contributed by atoms with E-state index in [0.29, 0.717) is 23.7 Å². The molecular weight excluding hydrogens is 567 g/mol. The average Bonchev–Trinajstić information content (AvgIpc) is 3.38. The number of halogens is 4. The first kappa shape index (κ1) is 31.5. The number of ketones is 1. The fourth-order valence-electron chi connectivity index (χ4n) is 5.14. The number of benzene rings is 3. The summed E-state index contributed by atoms with van der Waals surface area (Å²) >= 11 is 6.29. The Bertz CT molecular complexity index is 1450.